The lowest BCUT2D eigenvalue weighted by Crippen LogP contribution is -2.30. The van der Waals surface area contributed by atoms with E-state index in [-0.39, 0.29) is 16.2 Å². The molecule has 1 amide bonds. The Morgan fingerprint density at radius 3 is 2.62 bits per heavy atom. The van der Waals surface area contributed by atoms with E-state index in [1.807, 2.05) is 13.8 Å². The minimum atomic E-state index is -0.257. The normalized spacial score (nSPS) is 10.9. The monoisotopic (exact) mass is 387 g/mol. The summed E-state index contributed by atoms with van der Waals surface area (Å²) in [4.78, 5) is 30.3. The molecule has 134 valence electrons. The first-order valence-corrected chi connectivity index (χ1v) is 9.09. The van der Waals surface area contributed by atoms with Gasteiger partial charge in [0.25, 0.3) is 11.5 Å². The average Bonchev–Trinajstić information content (AvgIpc) is 2.62. The van der Waals surface area contributed by atoms with Crippen molar-refractivity contribution in [1.29, 1.82) is 0 Å². The fraction of sp³-hybridized carbons (Fsp3) is 0.211. The van der Waals surface area contributed by atoms with Gasteiger partial charge in [0, 0.05) is 23.7 Å². The van der Waals surface area contributed by atoms with Gasteiger partial charge in [0.05, 0.1) is 16.6 Å². The number of nitrogens with one attached hydrogen (secondary N) is 1. The molecule has 0 saturated heterocycles. The minimum Gasteiger partial charge on any atom is -0.339 e. The van der Waals surface area contributed by atoms with Gasteiger partial charge in [0.15, 0.2) is 4.77 Å². The van der Waals surface area contributed by atoms with Gasteiger partial charge in [0.1, 0.15) is 0 Å². The number of nitrogens with zero attached hydrogens (tertiary/aromatic N) is 2. The van der Waals surface area contributed by atoms with Crippen molar-refractivity contribution in [2.75, 3.05) is 13.1 Å². The first-order chi connectivity index (χ1) is 12.5. The molecule has 1 N–H and O–H groups in total. The number of carbonyl (C=O) groups excluding carboxylic acids is 1. The van der Waals surface area contributed by atoms with Gasteiger partial charge in [-0.1, -0.05) is 17.7 Å². The highest BCUT2D eigenvalue weighted by molar-refractivity contribution is 7.71. The predicted octanol–water partition coefficient (Wildman–Crippen LogP) is 4.18. The smallest absolute Gasteiger partial charge is 0.266 e. The SMILES string of the molecule is CCN(CC)C(=O)c1cccc(-n2c(=S)[nH]c3cc(Cl)ccc3c2=O)c1. The molecule has 26 heavy (non-hydrogen) atoms. The molecular formula is C19H18ClN3O2S. The van der Waals surface area contributed by atoms with Gasteiger partial charge in [-0.3, -0.25) is 14.2 Å². The highest BCUT2D eigenvalue weighted by atomic mass is 35.5. The number of amides is 1. The zero-order chi connectivity index (χ0) is 18.8. The number of hydrogen-bond donors (Lipinski definition) is 1. The Bertz CT molecular complexity index is 1100. The number of hydrogen-bond acceptors (Lipinski definition) is 3. The van der Waals surface area contributed by atoms with Crippen LogP contribution in [0.1, 0.15) is 24.2 Å². The third kappa shape index (κ3) is 3.30. The van der Waals surface area contributed by atoms with Crippen LogP contribution in [-0.2, 0) is 0 Å². The summed E-state index contributed by atoms with van der Waals surface area (Å²) in [6, 6.07) is 11.9. The maximum atomic E-state index is 12.9. The van der Waals surface area contributed by atoms with Gasteiger partial charge in [-0.25, -0.2) is 0 Å². The van der Waals surface area contributed by atoms with Gasteiger partial charge in [-0.2, -0.15) is 0 Å². The van der Waals surface area contributed by atoms with Crippen molar-refractivity contribution in [2.24, 2.45) is 0 Å². The highest BCUT2D eigenvalue weighted by Crippen LogP contribution is 2.17. The van der Waals surface area contributed by atoms with Crippen LogP contribution in [0.4, 0.5) is 0 Å². The summed E-state index contributed by atoms with van der Waals surface area (Å²) in [5.41, 5.74) is 1.39. The molecule has 0 atom stereocenters. The van der Waals surface area contributed by atoms with Crippen molar-refractivity contribution in [2.45, 2.75) is 13.8 Å². The fourth-order valence-corrected chi connectivity index (χ4v) is 3.37. The number of H-pyrrole nitrogens is 1. The fourth-order valence-electron chi connectivity index (χ4n) is 2.90. The lowest BCUT2D eigenvalue weighted by molar-refractivity contribution is 0.0773. The molecule has 2 aromatic carbocycles. The summed E-state index contributed by atoms with van der Waals surface area (Å²) >= 11 is 11.4. The number of benzene rings is 2. The first kappa shape index (κ1) is 18.4. The molecule has 0 aliphatic rings. The van der Waals surface area contributed by atoms with Crippen molar-refractivity contribution in [3.63, 3.8) is 0 Å². The Morgan fingerprint density at radius 1 is 1.19 bits per heavy atom. The first-order valence-electron chi connectivity index (χ1n) is 8.30. The third-order valence-corrected chi connectivity index (χ3v) is 4.78. The summed E-state index contributed by atoms with van der Waals surface area (Å²) in [5, 5.41) is 0.996. The standard InChI is InChI=1S/C19H18ClN3O2S/c1-3-22(4-2)17(24)12-6-5-7-14(10-12)23-18(25)15-9-8-13(20)11-16(15)21-19(23)26/h5-11H,3-4H2,1-2H3,(H,21,26). The largest absolute Gasteiger partial charge is 0.339 e. The van der Waals surface area contributed by atoms with E-state index >= 15 is 0 Å². The molecule has 0 aliphatic heterocycles. The van der Waals surface area contributed by atoms with E-state index in [4.69, 9.17) is 23.8 Å². The molecule has 0 saturated carbocycles. The summed E-state index contributed by atoms with van der Waals surface area (Å²) in [6.07, 6.45) is 0. The molecule has 1 heterocycles. The predicted molar refractivity (Wildman–Crippen MR) is 107 cm³/mol. The Kier molecular flexibility index (Phi) is 5.25. The van der Waals surface area contributed by atoms with Crippen molar-refractivity contribution in [3.05, 3.63) is 68.2 Å². The Hall–Kier alpha value is -2.44. The second-order valence-corrected chi connectivity index (χ2v) is 6.61. The van der Waals surface area contributed by atoms with Gasteiger partial charge < -0.3 is 9.88 Å². The summed E-state index contributed by atoms with van der Waals surface area (Å²) in [5.74, 6) is -0.0765. The molecule has 0 spiro atoms. The molecule has 0 fully saturated rings. The molecule has 0 bridgehead atoms. The molecule has 0 aliphatic carbocycles. The van der Waals surface area contributed by atoms with E-state index in [1.54, 1.807) is 47.4 Å². The van der Waals surface area contributed by atoms with Crippen LogP contribution in [0, 0.1) is 4.77 Å². The minimum absolute atomic E-state index is 0.0765. The van der Waals surface area contributed by atoms with Crippen molar-refractivity contribution in [1.82, 2.24) is 14.5 Å². The number of aromatic amines is 1. The van der Waals surface area contributed by atoms with Crippen LogP contribution in [0.5, 0.6) is 0 Å². The highest BCUT2D eigenvalue weighted by Gasteiger charge is 2.14. The van der Waals surface area contributed by atoms with E-state index < -0.39 is 0 Å². The van der Waals surface area contributed by atoms with E-state index in [0.29, 0.717) is 40.3 Å². The molecule has 3 rings (SSSR count). The summed E-state index contributed by atoms with van der Waals surface area (Å²) in [7, 11) is 0. The van der Waals surface area contributed by atoms with E-state index in [1.165, 1.54) is 4.57 Å². The lowest BCUT2D eigenvalue weighted by Gasteiger charge is -2.19. The topological polar surface area (TPSA) is 58.1 Å². The molecule has 0 radical (unpaired) electrons. The number of carbonyl (C=O) groups is 1. The Labute approximate surface area is 160 Å². The Morgan fingerprint density at radius 2 is 1.92 bits per heavy atom. The van der Waals surface area contributed by atoms with Crippen LogP contribution >= 0.6 is 23.8 Å². The van der Waals surface area contributed by atoms with E-state index in [9.17, 15) is 9.59 Å². The Balaban J connectivity index is 2.17. The van der Waals surface area contributed by atoms with Crippen molar-refractivity contribution in [3.8, 4) is 5.69 Å². The maximum Gasteiger partial charge on any atom is 0.266 e. The van der Waals surface area contributed by atoms with Crippen LogP contribution in [0.2, 0.25) is 5.02 Å². The quantitative estimate of drug-likeness (QED) is 0.683. The number of halogens is 1. The average molecular weight is 388 g/mol. The van der Waals surface area contributed by atoms with Crippen molar-refractivity contribution < 1.29 is 4.79 Å². The maximum absolute atomic E-state index is 12.9. The summed E-state index contributed by atoms with van der Waals surface area (Å²) in [6.45, 7) is 5.10. The lowest BCUT2D eigenvalue weighted by atomic mass is 10.1. The second kappa shape index (κ2) is 7.43. The van der Waals surface area contributed by atoms with E-state index in [0.717, 1.165) is 0 Å². The number of rotatable bonds is 4. The molecule has 1 aromatic heterocycles. The van der Waals surface area contributed by atoms with E-state index in [2.05, 4.69) is 4.98 Å². The van der Waals surface area contributed by atoms with Crippen LogP contribution < -0.4 is 5.56 Å². The van der Waals surface area contributed by atoms with Crippen LogP contribution in [-0.4, -0.2) is 33.4 Å². The van der Waals surface area contributed by atoms with Crippen molar-refractivity contribution >= 4 is 40.6 Å². The third-order valence-electron chi connectivity index (χ3n) is 4.26. The van der Waals surface area contributed by atoms with Gasteiger partial charge in [0.2, 0.25) is 0 Å². The van der Waals surface area contributed by atoms with Gasteiger partial charge >= 0.3 is 0 Å². The second-order valence-electron chi connectivity index (χ2n) is 5.79. The molecule has 3 aromatic rings. The van der Waals surface area contributed by atoms with Crippen LogP contribution in [0.25, 0.3) is 16.6 Å². The van der Waals surface area contributed by atoms with Crippen LogP contribution in [0.3, 0.4) is 0 Å². The van der Waals surface area contributed by atoms with Crippen LogP contribution in [0.15, 0.2) is 47.3 Å². The molecule has 0 unspecified atom stereocenters. The number of fused-ring (bicyclic) bond motifs is 1. The molecule has 5 nitrogen and oxygen atoms in total. The molecular weight excluding hydrogens is 370 g/mol. The molecule has 7 heteroatoms. The zero-order valence-corrected chi connectivity index (χ0v) is 16.0. The zero-order valence-electron chi connectivity index (χ0n) is 14.5. The summed E-state index contributed by atoms with van der Waals surface area (Å²) < 4.78 is 1.64. The van der Waals surface area contributed by atoms with Gasteiger partial charge in [-0.05, 0) is 62.5 Å². The number of aromatic nitrogens is 2. The van der Waals surface area contributed by atoms with Gasteiger partial charge in [-0.15, -0.1) is 0 Å².